The summed E-state index contributed by atoms with van der Waals surface area (Å²) in [6.07, 6.45) is -0.644. The summed E-state index contributed by atoms with van der Waals surface area (Å²) in [6, 6.07) is 17.4. The van der Waals surface area contributed by atoms with E-state index in [2.05, 4.69) is 0 Å². The third kappa shape index (κ3) is 2.14. The molecule has 2 nitrogen and oxygen atoms in total. The molecule has 0 spiro atoms. The molecule has 0 aliphatic rings. The Morgan fingerprint density at radius 1 is 1.05 bits per heavy atom. The Bertz CT molecular complexity index is 715. The van der Waals surface area contributed by atoms with Gasteiger partial charge in [-0.3, -0.25) is 0 Å². The number of para-hydroxylation sites is 1. The van der Waals surface area contributed by atoms with E-state index in [1.54, 1.807) is 12.1 Å². The number of rotatable bonds is 2. The first kappa shape index (κ1) is 12.3. The van der Waals surface area contributed by atoms with Gasteiger partial charge in [0.05, 0.1) is 5.69 Å². The molecule has 19 heavy (non-hydrogen) atoms. The molecular formula is C16H14ClNO. The minimum absolute atomic E-state index is 0.644. The number of halogens is 1. The van der Waals surface area contributed by atoms with Gasteiger partial charge in [-0.2, -0.15) is 0 Å². The van der Waals surface area contributed by atoms with Crippen molar-refractivity contribution in [2.75, 3.05) is 0 Å². The van der Waals surface area contributed by atoms with Crippen molar-refractivity contribution in [1.29, 1.82) is 0 Å². The minimum Gasteiger partial charge on any atom is -0.382 e. The highest BCUT2D eigenvalue weighted by Gasteiger charge is 2.15. The molecule has 2 aromatic carbocycles. The number of nitrogens with zero attached hydrogens (tertiary/aromatic N) is 1. The zero-order chi connectivity index (χ0) is 13.4. The number of hydrogen-bond donors (Lipinski definition) is 1. The van der Waals surface area contributed by atoms with Gasteiger partial charge in [0, 0.05) is 17.6 Å². The molecule has 0 bridgehead atoms. The second kappa shape index (κ2) is 4.72. The van der Waals surface area contributed by atoms with Gasteiger partial charge in [0.1, 0.15) is 6.10 Å². The second-order valence-corrected chi connectivity index (χ2v) is 5.08. The van der Waals surface area contributed by atoms with Crippen LogP contribution in [0.2, 0.25) is 5.02 Å². The van der Waals surface area contributed by atoms with Gasteiger partial charge in [-0.25, -0.2) is 0 Å². The molecule has 1 N–H and O–H groups in total. The number of hydrogen-bond acceptors (Lipinski definition) is 1. The lowest BCUT2D eigenvalue weighted by Crippen LogP contribution is -2.05. The third-order valence-electron chi connectivity index (χ3n) is 3.45. The maximum atomic E-state index is 10.5. The molecule has 1 aromatic heterocycles. The van der Waals surface area contributed by atoms with Crippen molar-refractivity contribution >= 4 is 22.5 Å². The van der Waals surface area contributed by atoms with Gasteiger partial charge in [0.15, 0.2) is 0 Å². The van der Waals surface area contributed by atoms with Crippen LogP contribution in [0.1, 0.15) is 17.4 Å². The van der Waals surface area contributed by atoms with Gasteiger partial charge < -0.3 is 9.67 Å². The molecule has 96 valence electrons. The van der Waals surface area contributed by atoms with Gasteiger partial charge in [-0.15, -0.1) is 0 Å². The summed E-state index contributed by atoms with van der Waals surface area (Å²) in [7, 11) is 1.97. The van der Waals surface area contributed by atoms with Crippen LogP contribution in [-0.4, -0.2) is 9.67 Å². The first-order valence-electron chi connectivity index (χ1n) is 6.15. The van der Waals surface area contributed by atoms with Gasteiger partial charge in [-0.1, -0.05) is 41.9 Å². The van der Waals surface area contributed by atoms with Crippen molar-refractivity contribution in [3.05, 3.63) is 70.9 Å². The Labute approximate surface area is 116 Å². The van der Waals surface area contributed by atoms with Gasteiger partial charge in [-0.05, 0) is 35.2 Å². The Morgan fingerprint density at radius 3 is 2.42 bits per heavy atom. The largest absolute Gasteiger partial charge is 0.382 e. The van der Waals surface area contributed by atoms with E-state index >= 15 is 0 Å². The van der Waals surface area contributed by atoms with E-state index in [-0.39, 0.29) is 0 Å². The lowest BCUT2D eigenvalue weighted by atomic mass is 10.1. The maximum absolute atomic E-state index is 10.5. The Morgan fingerprint density at radius 2 is 1.74 bits per heavy atom. The van der Waals surface area contributed by atoms with E-state index in [0.29, 0.717) is 5.02 Å². The molecule has 0 unspecified atom stereocenters. The van der Waals surface area contributed by atoms with Crippen molar-refractivity contribution in [3.8, 4) is 0 Å². The lowest BCUT2D eigenvalue weighted by Gasteiger charge is -2.12. The number of aryl methyl sites for hydroxylation is 1. The van der Waals surface area contributed by atoms with Crippen molar-refractivity contribution < 1.29 is 5.11 Å². The Hall–Kier alpha value is -1.77. The molecule has 0 fully saturated rings. The molecule has 0 amide bonds. The predicted molar refractivity (Wildman–Crippen MR) is 78.4 cm³/mol. The van der Waals surface area contributed by atoms with E-state index < -0.39 is 6.10 Å². The van der Waals surface area contributed by atoms with Gasteiger partial charge in [0.2, 0.25) is 0 Å². The van der Waals surface area contributed by atoms with Crippen LogP contribution in [0, 0.1) is 0 Å². The normalized spacial score (nSPS) is 12.8. The third-order valence-corrected chi connectivity index (χ3v) is 3.71. The quantitative estimate of drug-likeness (QED) is 0.751. The summed E-state index contributed by atoms with van der Waals surface area (Å²) in [6.45, 7) is 0. The van der Waals surface area contributed by atoms with Crippen LogP contribution in [0.5, 0.6) is 0 Å². The molecule has 3 heteroatoms. The summed E-state index contributed by atoms with van der Waals surface area (Å²) in [5, 5.41) is 12.3. The molecule has 3 rings (SSSR count). The maximum Gasteiger partial charge on any atom is 0.119 e. The topological polar surface area (TPSA) is 25.2 Å². The van der Waals surface area contributed by atoms with Gasteiger partial charge >= 0.3 is 0 Å². The standard InChI is InChI=1S/C16H14ClNO/c1-18-14-5-3-2-4-12(14)10-15(18)16(19)11-6-8-13(17)9-7-11/h2-10,16,19H,1H3/t16-/m0/s1. The number of aliphatic hydroxyl groups is 1. The van der Waals surface area contributed by atoms with E-state index in [1.807, 2.05) is 54.1 Å². The minimum atomic E-state index is -0.644. The molecule has 0 aliphatic carbocycles. The average molecular weight is 272 g/mol. The zero-order valence-corrected chi connectivity index (χ0v) is 11.3. The smallest absolute Gasteiger partial charge is 0.119 e. The van der Waals surface area contributed by atoms with Gasteiger partial charge in [0.25, 0.3) is 0 Å². The van der Waals surface area contributed by atoms with Crippen LogP contribution in [0.25, 0.3) is 10.9 Å². The molecule has 0 aliphatic heterocycles. The SMILES string of the molecule is Cn1c([C@@H](O)c2ccc(Cl)cc2)cc2ccccc21. The molecule has 1 heterocycles. The fraction of sp³-hybridized carbons (Fsp3) is 0.125. The fourth-order valence-electron chi connectivity index (χ4n) is 2.39. The molecule has 0 saturated heterocycles. The summed E-state index contributed by atoms with van der Waals surface area (Å²) in [4.78, 5) is 0. The summed E-state index contributed by atoms with van der Waals surface area (Å²) < 4.78 is 2.02. The van der Waals surface area contributed by atoms with E-state index in [0.717, 1.165) is 22.2 Å². The summed E-state index contributed by atoms with van der Waals surface area (Å²) >= 11 is 5.87. The average Bonchev–Trinajstić information content (AvgIpc) is 2.77. The van der Waals surface area contributed by atoms with Crippen molar-refractivity contribution in [2.24, 2.45) is 7.05 Å². The lowest BCUT2D eigenvalue weighted by molar-refractivity contribution is 0.212. The van der Waals surface area contributed by atoms with Crippen LogP contribution in [0.4, 0.5) is 0 Å². The van der Waals surface area contributed by atoms with Crippen molar-refractivity contribution in [2.45, 2.75) is 6.10 Å². The monoisotopic (exact) mass is 271 g/mol. The van der Waals surface area contributed by atoms with Crippen LogP contribution in [-0.2, 0) is 7.05 Å². The number of fused-ring (bicyclic) bond motifs is 1. The molecule has 3 aromatic rings. The highest BCUT2D eigenvalue weighted by atomic mass is 35.5. The van der Waals surface area contributed by atoms with Crippen LogP contribution in [0.3, 0.4) is 0 Å². The van der Waals surface area contributed by atoms with Crippen molar-refractivity contribution in [1.82, 2.24) is 4.57 Å². The van der Waals surface area contributed by atoms with E-state index in [9.17, 15) is 5.11 Å². The fourth-order valence-corrected chi connectivity index (χ4v) is 2.51. The van der Waals surface area contributed by atoms with Crippen molar-refractivity contribution in [3.63, 3.8) is 0 Å². The number of benzene rings is 2. The van der Waals surface area contributed by atoms with Crippen LogP contribution >= 0.6 is 11.6 Å². The first-order valence-corrected chi connectivity index (χ1v) is 6.52. The first-order chi connectivity index (χ1) is 9.16. The Balaban J connectivity index is 2.08. The summed E-state index contributed by atoms with van der Waals surface area (Å²) in [5.74, 6) is 0. The number of aliphatic hydroxyl groups excluding tert-OH is 1. The molecular weight excluding hydrogens is 258 g/mol. The highest BCUT2D eigenvalue weighted by Crippen LogP contribution is 2.28. The summed E-state index contributed by atoms with van der Waals surface area (Å²) in [5.41, 5.74) is 2.84. The second-order valence-electron chi connectivity index (χ2n) is 4.64. The number of aromatic nitrogens is 1. The van der Waals surface area contributed by atoms with E-state index in [1.165, 1.54) is 0 Å². The molecule has 0 saturated carbocycles. The van der Waals surface area contributed by atoms with Crippen LogP contribution in [0.15, 0.2) is 54.6 Å². The molecule has 1 atom stereocenters. The predicted octanol–water partition coefficient (Wildman–Crippen LogP) is 3.91. The zero-order valence-electron chi connectivity index (χ0n) is 10.5. The van der Waals surface area contributed by atoms with E-state index in [4.69, 9.17) is 11.6 Å². The highest BCUT2D eigenvalue weighted by molar-refractivity contribution is 6.30. The van der Waals surface area contributed by atoms with Crippen LogP contribution < -0.4 is 0 Å². The Kier molecular flexibility index (Phi) is 3.05. The molecule has 0 radical (unpaired) electrons.